The fourth-order valence-corrected chi connectivity index (χ4v) is 2.29. The van der Waals surface area contributed by atoms with E-state index in [0.717, 1.165) is 11.1 Å². The molecule has 0 bridgehead atoms. The van der Waals surface area contributed by atoms with E-state index in [0.29, 0.717) is 22.2 Å². The van der Waals surface area contributed by atoms with E-state index in [1.807, 2.05) is 30.3 Å². The van der Waals surface area contributed by atoms with Crippen LogP contribution in [0.4, 0.5) is 0 Å². The lowest BCUT2D eigenvalue weighted by molar-refractivity contribution is 0.575. The van der Waals surface area contributed by atoms with Crippen molar-refractivity contribution in [3.05, 3.63) is 69.2 Å². The van der Waals surface area contributed by atoms with E-state index in [1.54, 1.807) is 12.1 Å². The number of halogens is 2. The van der Waals surface area contributed by atoms with Gasteiger partial charge in [0.1, 0.15) is 0 Å². The Kier molecular flexibility index (Phi) is 5.03. The normalized spacial score (nSPS) is 11.9. The molecule has 2 aromatic carbocycles. The Hall–Kier alpha value is -1.53. The smallest absolute Gasteiger partial charge is 0.0991 e. The van der Waals surface area contributed by atoms with Gasteiger partial charge in [0.15, 0.2) is 0 Å². The van der Waals surface area contributed by atoms with E-state index in [2.05, 4.69) is 18.3 Å². The number of hydrogen-bond acceptors (Lipinski definition) is 2. The zero-order chi connectivity index (χ0) is 14.5. The quantitative estimate of drug-likeness (QED) is 0.887. The highest BCUT2D eigenvalue weighted by molar-refractivity contribution is 6.33. The molecule has 0 saturated heterocycles. The second kappa shape index (κ2) is 6.76. The molecule has 1 atom stereocenters. The topological polar surface area (TPSA) is 35.8 Å². The summed E-state index contributed by atoms with van der Waals surface area (Å²) in [6, 6.07) is 15.3. The van der Waals surface area contributed by atoms with E-state index in [4.69, 9.17) is 28.5 Å². The van der Waals surface area contributed by atoms with E-state index in [1.165, 1.54) is 0 Å². The zero-order valence-electron chi connectivity index (χ0n) is 11.0. The number of hydrogen-bond donors (Lipinski definition) is 1. The number of nitrogens with one attached hydrogen (secondary N) is 1. The van der Waals surface area contributed by atoms with Gasteiger partial charge in [-0.3, -0.25) is 0 Å². The van der Waals surface area contributed by atoms with Gasteiger partial charge in [-0.1, -0.05) is 35.3 Å². The van der Waals surface area contributed by atoms with Gasteiger partial charge in [0.2, 0.25) is 0 Å². The maximum Gasteiger partial charge on any atom is 0.0991 e. The Morgan fingerprint density at radius 2 is 1.85 bits per heavy atom. The second-order valence-corrected chi connectivity index (χ2v) is 5.42. The van der Waals surface area contributed by atoms with Crippen molar-refractivity contribution < 1.29 is 0 Å². The highest BCUT2D eigenvalue weighted by atomic mass is 35.5. The molecule has 0 aliphatic carbocycles. The van der Waals surface area contributed by atoms with Crippen molar-refractivity contribution in [2.45, 2.75) is 19.5 Å². The molecule has 2 aromatic rings. The first kappa shape index (κ1) is 14.9. The van der Waals surface area contributed by atoms with Crippen LogP contribution >= 0.6 is 23.2 Å². The van der Waals surface area contributed by atoms with Crippen molar-refractivity contribution in [3.63, 3.8) is 0 Å². The highest BCUT2D eigenvalue weighted by Gasteiger charge is 2.07. The molecule has 0 amide bonds. The van der Waals surface area contributed by atoms with Crippen LogP contribution in [-0.2, 0) is 6.54 Å². The number of nitriles is 1. The zero-order valence-corrected chi connectivity index (χ0v) is 12.5. The van der Waals surface area contributed by atoms with Crippen LogP contribution in [-0.4, -0.2) is 0 Å². The molecule has 0 spiro atoms. The molecule has 2 rings (SSSR count). The van der Waals surface area contributed by atoms with E-state index in [9.17, 15) is 0 Å². The Bertz CT molecular complexity index is 630. The molecule has 2 nitrogen and oxygen atoms in total. The summed E-state index contributed by atoms with van der Waals surface area (Å²) in [6.45, 7) is 2.71. The summed E-state index contributed by atoms with van der Waals surface area (Å²) in [7, 11) is 0. The summed E-state index contributed by atoms with van der Waals surface area (Å²) in [6.07, 6.45) is 0. The van der Waals surface area contributed by atoms with Gasteiger partial charge in [-0.05, 0) is 48.4 Å². The average Bonchev–Trinajstić information content (AvgIpc) is 2.48. The van der Waals surface area contributed by atoms with Gasteiger partial charge >= 0.3 is 0 Å². The van der Waals surface area contributed by atoms with Crippen molar-refractivity contribution in [3.8, 4) is 6.07 Å². The van der Waals surface area contributed by atoms with Crippen LogP contribution in [0.25, 0.3) is 0 Å². The summed E-state index contributed by atoms with van der Waals surface area (Å²) in [5, 5.41) is 13.6. The number of benzene rings is 2. The molecular weight excluding hydrogens is 291 g/mol. The number of nitrogens with zero attached hydrogens (tertiary/aromatic N) is 1. The molecule has 1 unspecified atom stereocenters. The number of rotatable bonds is 4. The van der Waals surface area contributed by atoms with Crippen molar-refractivity contribution in [1.29, 1.82) is 5.26 Å². The van der Waals surface area contributed by atoms with E-state index < -0.39 is 0 Å². The summed E-state index contributed by atoms with van der Waals surface area (Å²) in [5.74, 6) is 0. The molecule has 0 saturated carbocycles. The molecule has 102 valence electrons. The molecule has 0 aliphatic rings. The standard InChI is InChI=1S/C16H14Cl2N2/c1-11(13-4-2-12(9-19)3-5-13)20-10-14-8-15(17)6-7-16(14)18/h2-8,11,20H,10H2,1H3. The van der Waals surface area contributed by atoms with Gasteiger partial charge in [0.05, 0.1) is 11.6 Å². The Balaban J connectivity index is 2.02. The van der Waals surface area contributed by atoms with Crippen LogP contribution in [0.5, 0.6) is 0 Å². The van der Waals surface area contributed by atoms with Gasteiger partial charge in [-0.15, -0.1) is 0 Å². The summed E-state index contributed by atoms with van der Waals surface area (Å²) in [4.78, 5) is 0. The molecule has 1 N–H and O–H groups in total. The minimum absolute atomic E-state index is 0.165. The maximum absolute atomic E-state index is 8.78. The van der Waals surface area contributed by atoms with Gasteiger partial charge < -0.3 is 5.32 Å². The molecular formula is C16H14Cl2N2. The fourth-order valence-electron chi connectivity index (χ4n) is 1.91. The largest absolute Gasteiger partial charge is 0.306 e. The molecule has 0 aliphatic heterocycles. The fraction of sp³-hybridized carbons (Fsp3) is 0.188. The lowest BCUT2D eigenvalue weighted by Gasteiger charge is -2.15. The van der Waals surface area contributed by atoms with E-state index >= 15 is 0 Å². The third-order valence-electron chi connectivity index (χ3n) is 3.15. The first-order valence-electron chi connectivity index (χ1n) is 6.27. The Morgan fingerprint density at radius 3 is 2.50 bits per heavy atom. The first-order valence-corrected chi connectivity index (χ1v) is 7.03. The highest BCUT2D eigenvalue weighted by Crippen LogP contribution is 2.21. The van der Waals surface area contributed by atoms with Crippen LogP contribution in [0.2, 0.25) is 10.0 Å². The minimum atomic E-state index is 0.165. The average molecular weight is 305 g/mol. The van der Waals surface area contributed by atoms with Crippen LogP contribution in [0, 0.1) is 11.3 Å². The SMILES string of the molecule is CC(NCc1cc(Cl)ccc1Cl)c1ccc(C#N)cc1. The van der Waals surface area contributed by atoms with Crippen LogP contribution in [0.1, 0.15) is 29.7 Å². The predicted octanol–water partition coefficient (Wildman–Crippen LogP) is 4.72. The molecule has 20 heavy (non-hydrogen) atoms. The van der Waals surface area contributed by atoms with Crippen LogP contribution < -0.4 is 5.32 Å². The summed E-state index contributed by atoms with van der Waals surface area (Å²) >= 11 is 12.1. The molecule has 0 heterocycles. The van der Waals surface area contributed by atoms with Gasteiger partial charge in [0, 0.05) is 22.6 Å². The first-order chi connectivity index (χ1) is 9.60. The van der Waals surface area contributed by atoms with Crippen molar-refractivity contribution >= 4 is 23.2 Å². The molecule has 0 fully saturated rings. The van der Waals surface area contributed by atoms with E-state index in [-0.39, 0.29) is 6.04 Å². The van der Waals surface area contributed by atoms with Crippen molar-refractivity contribution in [2.75, 3.05) is 0 Å². The van der Waals surface area contributed by atoms with Gasteiger partial charge in [-0.25, -0.2) is 0 Å². The monoisotopic (exact) mass is 304 g/mol. The van der Waals surface area contributed by atoms with Gasteiger partial charge in [-0.2, -0.15) is 5.26 Å². The summed E-state index contributed by atoms with van der Waals surface area (Å²) < 4.78 is 0. The lowest BCUT2D eigenvalue weighted by Crippen LogP contribution is -2.18. The van der Waals surface area contributed by atoms with Crippen molar-refractivity contribution in [1.82, 2.24) is 5.32 Å². The third-order valence-corrected chi connectivity index (χ3v) is 3.75. The third kappa shape index (κ3) is 3.74. The minimum Gasteiger partial charge on any atom is -0.306 e. The molecule has 0 aromatic heterocycles. The Morgan fingerprint density at radius 1 is 1.15 bits per heavy atom. The maximum atomic E-state index is 8.78. The summed E-state index contributed by atoms with van der Waals surface area (Å²) in [5.41, 5.74) is 2.76. The predicted molar refractivity (Wildman–Crippen MR) is 82.9 cm³/mol. The van der Waals surface area contributed by atoms with Crippen LogP contribution in [0.3, 0.4) is 0 Å². The molecule has 0 radical (unpaired) electrons. The second-order valence-electron chi connectivity index (χ2n) is 4.57. The van der Waals surface area contributed by atoms with Gasteiger partial charge in [0.25, 0.3) is 0 Å². The lowest BCUT2D eigenvalue weighted by atomic mass is 10.1. The Labute approximate surface area is 128 Å². The molecule has 4 heteroatoms. The van der Waals surface area contributed by atoms with Crippen LogP contribution in [0.15, 0.2) is 42.5 Å². The van der Waals surface area contributed by atoms with Crippen molar-refractivity contribution in [2.24, 2.45) is 0 Å².